The minimum atomic E-state index is -0.972. The van der Waals surface area contributed by atoms with Gasteiger partial charge in [0.15, 0.2) is 5.65 Å². The molecule has 0 aliphatic carbocycles. The fourth-order valence-electron chi connectivity index (χ4n) is 7.50. The van der Waals surface area contributed by atoms with Gasteiger partial charge in [-0.3, -0.25) is 38.7 Å². The summed E-state index contributed by atoms with van der Waals surface area (Å²) in [7, 11) is 0. The van der Waals surface area contributed by atoms with E-state index in [-0.39, 0.29) is 24.3 Å². The molecule has 2 aromatic carbocycles. The van der Waals surface area contributed by atoms with E-state index in [1.54, 1.807) is 37.0 Å². The first-order valence-corrected chi connectivity index (χ1v) is 18.6. The fraction of sp³-hybridized carbons (Fsp3) is 0.359. The molecule has 8 rings (SSSR count). The zero-order chi connectivity index (χ0) is 37.0. The molecule has 0 spiro atoms. The number of carbonyl (C=O) groups excluding carboxylic acids is 4. The summed E-state index contributed by atoms with van der Waals surface area (Å²) in [5, 5.41) is 17.4. The second-order valence-corrected chi connectivity index (χ2v) is 13.8. The predicted molar refractivity (Wildman–Crippen MR) is 201 cm³/mol. The third-order valence-electron chi connectivity index (χ3n) is 10.4. The Morgan fingerprint density at radius 1 is 0.870 bits per heavy atom. The average molecular weight is 731 g/mol. The first kappa shape index (κ1) is 35.0. The normalized spacial score (nSPS) is 17.7. The maximum atomic E-state index is 13.3. The lowest BCUT2D eigenvalue weighted by atomic mass is 10.0. The molecule has 6 heterocycles. The smallest absolute Gasteiger partial charge is 0.264 e. The second kappa shape index (κ2) is 15.5. The second-order valence-electron chi connectivity index (χ2n) is 13.8. The Balaban J connectivity index is 0.756. The van der Waals surface area contributed by atoms with Crippen LogP contribution >= 0.6 is 0 Å². The summed E-state index contributed by atoms with van der Waals surface area (Å²) >= 11 is 0. The van der Waals surface area contributed by atoms with E-state index >= 15 is 0 Å². The van der Waals surface area contributed by atoms with E-state index in [2.05, 4.69) is 60.2 Å². The van der Waals surface area contributed by atoms with E-state index in [0.717, 1.165) is 86.1 Å². The van der Waals surface area contributed by atoms with E-state index in [4.69, 9.17) is 9.40 Å². The summed E-state index contributed by atoms with van der Waals surface area (Å²) in [4.78, 5) is 61.1. The number of unbranched alkanes of at least 4 members (excludes halogenated alkanes) is 3. The molecule has 0 radical (unpaired) electrons. The number of benzene rings is 2. The highest BCUT2D eigenvalue weighted by Gasteiger charge is 2.45. The van der Waals surface area contributed by atoms with Crippen molar-refractivity contribution >= 4 is 46.5 Å². The molecule has 3 aromatic heterocycles. The summed E-state index contributed by atoms with van der Waals surface area (Å²) in [5.74, 6) is -0.366. The van der Waals surface area contributed by atoms with Crippen molar-refractivity contribution in [3.8, 4) is 11.3 Å². The van der Waals surface area contributed by atoms with Crippen molar-refractivity contribution in [2.45, 2.75) is 51.1 Å². The van der Waals surface area contributed by atoms with Crippen molar-refractivity contribution in [2.24, 2.45) is 0 Å². The number of fused-ring (bicyclic) bond motifs is 2. The molecular weight excluding hydrogens is 688 g/mol. The largest absolute Gasteiger partial charge is 0.467 e. The quantitative estimate of drug-likeness (QED) is 0.110. The Bertz CT molecular complexity index is 2160. The Kier molecular flexibility index (Phi) is 10.0. The summed E-state index contributed by atoms with van der Waals surface area (Å²) in [6.07, 6.45) is 9.56. The van der Waals surface area contributed by atoms with Crippen LogP contribution in [0.2, 0.25) is 0 Å². The third kappa shape index (κ3) is 7.14. The Morgan fingerprint density at radius 2 is 1.70 bits per heavy atom. The van der Waals surface area contributed by atoms with Crippen molar-refractivity contribution in [3.63, 3.8) is 0 Å². The molecule has 4 amide bonds. The van der Waals surface area contributed by atoms with Crippen LogP contribution in [0.5, 0.6) is 0 Å². The Morgan fingerprint density at radius 3 is 2.50 bits per heavy atom. The van der Waals surface area contributed by atoms with E-state index < -0.39 is 23.8 Å². The van der Waals surface area contributed by atoms with Crippen LogP contribution in [-0.2, 0) is 16.1 Å². The molecule has 2 fully saturated rings. The number of furan rings is 1. The average Bonchev–Trinajstić information content (AvgIpc) is 3.96. The van der Waals surface area contributed by atoms with Crippen LogP contribution in [0.15, 0.2) is 77.8 Å². The van der Waals surface area contributed by atoms with Crippen LogP contribution in [-0.4, -0.2) is 98.3 Å². The monoisotopic (exact) mass is 730 g/mol. The summed E-state index contributed by atoms with van der Waals surface area (Å²) in [6.45, 7) is 6.23. The molecule has 0 bridgehead atoms. The van der Waals surface area contributed by atoms with Crippen LogP contribution in [0, 0.1) is 0 Å². The van der Waals surface area contributed by atoms with Gasteiger partial charge in [0, 0.05) is 56.1 Å². The van der Waals surface area contributed by atoms with Crippen LogP contribution in [0.25, 0.3) is 16.9 Å². The number of piperazine rings is 1. The highest BCUT2D eigenvalue weighted by Crippen LogP contribution is 2.33. The molecule has 3 aliphatic heterocycles. The maximum Gasteiger partial charge on any atom is 0.264 e. The lowest BCUT2D eigenvalue weighted by molar-refractivity contribution is -0.136. The minimum absolute atomic E-state index is 0.0948. The number of hydrogen-bond donors (Lipinski definition) is 3. The Hall–Kier alpha value is -6.09. The summed E-state index contributed by atoms with van der Waals surface area (Å²) < 4.78 is 7.33. The molecular formula is C39H42N10O5. The molecule has 278 valence electrons. The van der Waals surface area contributed by atoms with Gasteiger partial charge >= 0.3 is 0 Å². The van der Waals surface area contributed by atoms with Crippen molar-refractivity contribution < 1.29 is 23.6 Å². The van der Waals surface area contributed by atoms with E-state index in [0.29, 0.717) is 30.0 Å². The summed E-state index contributed by atoms with van der Waals surface area (Å²) in [6, 6.07) is 16.5. The standard InChI is InChI=1S/C39H42N10O5/c50-33-15-14-31(37(51)44-33)49-38(52)29-8-5-9-30(34(29)39(49)53)40-16-3-1-2-4-17-46-18-20-47(21-19-46)27-12-10-26(11-13-27)35-36-45-43-25-48(36)32(24-42-35)41-23-28-7-6-22-54-28/h5-13,22,24-25,31,40-41H,1-4,14-21,23H2,(H,44,50,51). The van der Waals surface area contributed by atoms with Gasteiger partial charge in [-0.1, -0.05) is 31.0 Å². The number of nitrogens with zero attached hydrogens (tertiary/aromatic N) is 7. The molecule has 0 saturated carbocycles. The van der Waals surface area contributed by atoms with E-state index in [1.165, 1.54) is 5.69 Å². The third-order valence-corrected chi connectivity index (χ3v) is 10.4. The van der Waals surface area contributed by atoms with Crippen molar-refractivity contribution in [2.75, 3.05) is 54.8 Å². The van der Waals surface area contributed by atoms with E-state index in [1.807, 2.05) is 16.5 Å². The van der Waals surface area contributed by atoms with Crippen LogP contribution < -0.4 is 20.9 Å². The lowest BCUT2D eigenvalue weighted by Gasteiger charge is -2.36. The first-order chi connectivity index (χ1) is 26.4. The number of amides is 4. The number of imide groups is 2. The van der Waals surface area contributed by atoms with Crippen LogP contribution in [0.1, 0.15) is 65.0 Å². The van der Waals surface area contributed by atoms with Gasteiger partial charge in [-0.2, -0.15) is 0 Å². The van der Waals surface area contributed by atoms with E-state index in [9.17, 15) is 19.2 Å². The van der Waals surface area contributed by atoms with Gasteiger partial charge < -0.3 is 20.0 Å². The number of piperidine rings is 1. The van der Waals surface area contributed by atoms with Gasteiger partial charge in [0.2, 0.25) is 11.8 Å². The predicted octanol–water partition coefficient (Wildman–Crippen LogP) is 4.19. The van der Waals surface area contributed by atoms with Gasteiger partial charge in [-0.15, -0.1) is 10.2 Å². The summed E-state index contributed by atoms with van der Waals surface area (Å²) in [5.41, 5.74) is 4.82. The highest BCUT2D eigenvalue weighted by atomic mass is 16.3. The van der Waals surface area contributed by atoms with Gasteiger partial charge in [-0.05, 0) is 62.2 Å². The van der Waals surface area contributed by atoms with Crippen molar-refractivity contribution in [1.29, 1.82) is 0 Å². The number of hydrogen-bond acceptors (Lipinski definition) is 12. The SMILES string of the molecule is O=C1CCC(N2C(=O)c3cccc(NCCCCCCN4CCN(c5ccc(-c6ncc(NCc7ccco7)n7cnnc67)cc5)CC4)c3C2=O)C(=O)N1. The number of carbonyl (C=O) groups is 4. The van der Waals surface area contributed by atoms with Gasteiger partial charge in [-0.25, -0.2) is 4.98 Å². The molecule has 3 aliphatic rings. The van der Waals surface area contributed by atoms with Crippen molar-refractivity contribution in [1.82, 2.24) is 34.7 Å². The van der Waals surface area contributed by atoms with Crippen LogP contribution in [0.3, 0.4) is 0 Å². The first-order valence-electron chi connectivity index (χ1n) is 18.6. The molecule has 1 atom stereocenters. The molecule has 15 nitrogen and oxygen atoms in total. The Labute approximate surface area is 311 Å². The molecule has 15 heteroatoms. The molecule has 1 unspecified atom stereocenters. The maximum absolute atomic E-state index is 13.3. The topological polar surface area (TPSA) is 170 Å². The van der Waals surface area contributed by atoms with Gasteiger partial charge in [0.1, 0.15) is 29.6 Å². The zero-order valence-corrected chi connectivity index (χ0v) is 29.9. The lowest BCUT2D eigenvalue weighted by Crippen LogP contribution is -2.54. The number of anilines is 3. The minimum Gasteiger partial charge on any atom is -0.467 e. The van der Waals surface area contributed by atoms with Crippen LogP contribution in [0.4, 0.5) is 17.2 Å². The van der Waals surface area contributed by atoms with Gasteiger partial charge in [0.25, 0.3) is 11.8 Å². The highest BCUT2D eigenvalue weighted by molar-refractivity contribution is 6.25. The van der Waals surface area contributed by atoms with Crippen molar-refractivity contribution in [3.05, 3.63) is 90.3 Å². The molecule has 5 aromatic rings. The fourth-order valence-corrected chi connectivity index (χ4v) is 7.50. The molecule has 2 saturated heterocycles. The zero-order valence-electron chi connectivity index (χ0n) is 29.9. The molecule has 54 heavy (non-hydrogen) atoms. The molecule has 3 N–H and O–H groups in total. The number of nitrogens with one attached hydrogen (secondary N) is 3. The van der Waals surface area contributed by atoms with Gasteiger partial charge in [0.05, 0.1) is 30.1 Å². The number of aromatic nitrogens is 4. The number of rotatable bonds is 14.